The lowest BCUT2D eigenvalue weighted by molar-refractivity contribution is 0.210. The zero-order valence-electron chi connectivity index (χ0n) is 7.67. The predicted octanol–water partition coefficient (Wildman–Crippen LogP) is 1.50. The fraction of sp³-hybridized carbons (Fsp3) is 0.500. The summed E-state index contributed by atoms with van der Waals surface area (Å²) in [4.78, 5) is 7.88. The van der Waals surface area contributed by atoms with Gasteiger partial charge in [-0.1, -0.05) is 0 Å². The van der Waals surface area contributed by atoms with Crippen molar-refractivity contribution in [1.29, 1.82) is 0 Å². The van der Waals surface area contributed by atoms with E-state index in [0.29, 0.717) is 13.2 Å². The Labute approximate surface area is 82.3 Å². The number of methoxy groups -OCH3 is 1. The summed E-state index contributed by atoms with van der Waals surface area (Å²) in [6.07, 6.45) is 1.68. The van der Waals surface area contributed by atoms with Crippen LogP contribution in [0.3, 0.4) is 0 Å². The van der Waals surface area contributed by atoms with Crippen molar-refractivity contribution in [2.24, 2.45) is 0 Å². The van der Waals surface area contributed by atoms with Gasteiger partial charge in [-0.15, -0.1) is 0 Å². The van der Waals surface area contributed by atoms with Crippen LogP contribution in [0.2, 0.25) is 5.28 Å². The van der Waals surface area contributed by atoms with Crippen LogP contribution in [-0.4, -0.2) is 30.2 Å². The van der Waals surface area contributed by atoms with Gasteiger partial charge in [0, 0.05) is 25.4 Å². The van der Waals surface area contributed by atoms with Crippen molar-refractivity contribution in [3.63, 3.8) is 0 Å². The van der Waals surface area contributed by atoms with Crippen molar-refractivity contribution in [3.05, 3.63) is 17.0 Å². The summed E-state index contributed by atoms with van der Waals surface area (Å²) in [5.41, 5.74) is 0.973. The smallest absolute Gasteiger partial charge is 0.224 e. The zero-order valence-corrected chi connectivity index (χ0v) is 8.43. The third kappa shape index (κ3) is 3.16. The number of aromatic nitrogens is 2. The van der Waals surface area contributed by atoms with Crippen LogP contribution in [0.5, 0.6) is 0 Å². The lowest BCUT2D eigenvalue weighted by Gasteiger charge is -2.06. The molecule has 0 amide bonds. The van der Waals surface area contributed by atoms with Crippen LogP contribution < -0.4 is 5.32 Å². The van der Waals surface area contributed by atoms with Gasteiger partial charge in [0.1, 0.15) is 5.82 Å². The van der Waals surface area contributed by atoms with Crippen LogP contribution in [-0.2, 0) is 4.74 Å². The number of hydrogen-bond acceptors (Lipinski definition) is 4. The van der Waals surface area contributed by atoms with Gasteiger partial charge in [-0.25, -0.2) is 9.97 Å². The van der Waals surface area contributed by atoms with Gasteiger partial charge in [0.2, 0.25) is 5.28 Å². The fourth-order valence-electron chi connectivity index (χ4n) is 0.871. The monoisotopic (exact) mass is 201 g/mol. The van der Waals surface area contributed by atoms with E-state index in [0.717, 1.165) is 11.4 Å². The average Bonchev–Trinajstić information content (AvgIpc) is 2.11. The Morgan fingerprint density at radius 2 is 2.38 bits per heavy atom. The number of anilines is 1. The predicted molar refractivity (Wildman–Crippen MR) is 52.1 cm³/mol. The van der Waals surface area contributed by atoms with Gasteiger partial charge < -0.3 is 10.1 Å². The van der Waals surface area contributed by atoms with E-state index in [4.69, 9.17) is 16.3 Å². The molecule has 0 saturated heterocycles. The van der Waals surface area contributed by atoms with Crippen molar-refractivity contribution in [2.45, 2.75) is 6.92 Å². The second-order valence-electron chi connectivity index (χ2n) is 2.59. The van der Waals surface area contributed by atoms with Gasteiger partial charge in [0.05, 0.1) is 6.61 Å². The molecule has 0 fully saturated rings. The first-order valence-corrected chi connectivity index (χ1v) is 4.34. The molecular weight excluding hydrogens is 190 g/mol. The van der Waals surface area contributed by atoms with Gasteiger partial charge in [-0.3, -0.25) is 0 Å². The maximum atomic E-state index is 5.64. The minimum Gasteiger partial charge on any atom is -0.383 e. The molecule has 0 spiro atoms. The van der Waals surface area contributed by atoms with E-state index in [2.05, 4.69) is 15.3 Å². The molecule has 0 unspecified atom stereocenters. The van der Waals surface area contributed by atoms with E-state index in [1.54, 1.807) is 13.3 Å². The van der Waals surface area contributed by atoms with E-state index >= 15 is 0 Å². The van der Waals surface area contributed by atoms with Crippen molar-refractivity contribution in [1.82, 2.24) is 9.97 Å². The van der Waals surface area contributed by atoms with Crippen LogP contribution in [0.4, 0.5) is 5.82 Å². The Morgan fingerprint density at radius 3 is 3.08 bits per heavy atom. The Kier molecular flexibility index (Phi) is 3.92. The number of rotatable bonds is 4. The quantitative estimate of drug-likeness (QED) is 0.593. The molecule has 1 rings (SSSR count). The van der Waals surface area contributed by atoms with Crippen molar-refractivity contribution in [3.8, 4) is 0 Å². The van der Waals surface area contributed by atoms with Crippen LogP contribution in [0.1, 0.15) is 5.56 Å². The molecule has 0 aliphatic carbocycles. The maximum absolute atomic E-state index is 5.64. The van der Waals surface area contributed by atoms with Gasteiger partial charge in [0.25, 0.3) is 0 Å². The van der Waals surface area contributed by atoms with Crippen LogP contribution in [0, 0.1) is 6.92 Å². The summed E-state index contributed by atoms with van der Waals surface area (Å²) in [5, 5.41) is 3.35. The topological polar surface area (TPSA) is 47.0 Å². The molecule has 1 N–H and O–H groups in total. The SMILES string of the molecule is COCCNc1nc(Cl)ncc1C. The van der Waals surface area contributed by atoms with E-state index in [9.17, 15) is 0 Å². The molecule has 1 aromatic rings. The highest BCUT2D eigenvalue weighted by atomic mass is 35.5. The minimum atomic E-state index is 0.255. The lowest BCUT2D eigenvalue weighted by Crippen LogP contribution is -2.10. The molecule has 1 heterocycles. The number of aryl methyl sites for hydroxylation is 1. The number of nitrogens with zero attached hydrogens (tertiary/aromatic N) is 2. The van der Waals surface area contributed by atoms with Gasteiger partial charge in [0.15, 0.2) is 0 Å². The second-order valence-corrected chi connectivity index (χ2v) is 2.93. The third-order valence-electron chi connectivity index (χ3n) is 1.54. The molecule has 1 aromatic heterocycles. The Bertz CT molecular complexity index is 280. The first-order valence-electron chi connectivity index (χ1n) is 3.96. The van der Waals surface area contributed by atoms with Gasteiger partial charge >= 0.3 is 0 Å². The lowest BCUT2D eigenvalue weighted by atomic mass is 10.3. The van der Waals surface area contributed by atoms with Crippen LogP contribution in [0.25, 0.3) is 0 Å². The molecule has 0 saturated carbocycles. The molecule has 72 valence electrons. The molecule has 13 heavy (non-hydrogen) atoms. The number of nitrogens with one attached hydrogen (secondary N) is 1. The summed E-state index contributed by atoms with van der Waals surface area (Å²) in [5.74, 6) is 0.761. The molecule has 4 nitrogen and oxygen atoms in total. The summed E-state index contributed by atoms with van der Waals surface area (Å²) < 4.78 is 4.89. The normalized spacial score (nSPS) is 10.1. The molecule has 0 bridgehead atoms. The maximum Gasteiger partial charge on any atom is 0.224 e. The zero-order chi connectivity index (χ0) is 9.68. The van der Waals surface area contributed by atoms with Gasteiger partial charge in [-0.2, -0.15) is 0 Å². The standard InChI is InChI=1S/C8H12ClN3O/c1-6-5-11-8(9)12-7(6)10-3-4-13-2/h5H,3-4H2,1-2H3,(H,10,11,12). The van der Waals surface area contributed by atoms with E-state index < -0.39 is 0 Å². The van der Waals surface area contributed by atoms with E-state index in [-0.39, 0.29) is 5.28 Å². The first kappa shape index (κ1) is 10.2. The van der Waals surface area contributed by atoms with Gasteiger partial charge in [-0.05, 0) is 18.5 Å². The first-order chi connectivity index (χ1) is 6.24. The summed E-state index contributed by atoms with van der Waals surface area (Å²) in [6.45, 7) is 3.28. The Hall–Kier alpha value is -0.870. The number of ether oxygens (including phenoxy) is 1. The Balaban J connectivity index is 2.59. The number of halogens is 1. The van der Waals surface area contributed by atoms with E-state index in [1.165, 1.54) is 0 Å². The summed E-state index contributed by atoms with van der Waals surface area (Å²) >= 11 is 5.64. The van der Waals surface area contributed by atoms with E-state index in [1.807, 2.05) is 6.92 Å². The van der Waals surface area contributed by atoms with Crippen molar-refractivity contribution in [2.75, 3.05) is 25.6 Å². The highest BCUT2D eigenvalue weighted by Crippen LogP contribution is 2.11. The number of hydrogen-bond donors (Lipinski definition) is 1. The van der Waals surface area contributed by atoms with Crippen LogP contribution in [0.15, 0.2) is 6.20 Å². The molecule has 0 aromatic carbocycles. The highest BCUT2D eigenvalue weighted by Gasteiger charge is 2.00. The molecule has 0 atom stereocenters. The fourth-order valence-corrected chi connectivity index (χ4v) is 1.00. The van der Waals surface area contributed by atoms with Crippen molar-refractivity contribution >= 4 is 17.4 Å². The summed E-state index contributed by atoms with van der Waals surface area (Å²) in [6, 6.07) is 0. The average molecular weight is 202 g/mol. The molecule has 0 aliphatic rings. The highest BCUT2D eigenvalue weighted by molar-refractivity contribution is 6.28. The Morgan fingerprint density at radius 1 is 1.62 bits per heavy atom. The third-order valence-corrected chi connectivity index (χ3v) is 1.72. The molecule has 0 radical (unpaired) electrons. The molecule has 5 heteroatoms. The van der Waals surface area contributed by atoms with Crippen LogP contribution >= 0.6 is 11.6 Å². The largest absolute Gasteiger partial charge is 0.383 e. The second kappa shape index (κ2) is 4.99. The molecular formula is C8H12ClN3O. The van der Waals surface area contributed by atoms with Crippen molar-refractivity contribution < 1.29 is 4.74 Å². The minimum absolute atomic E-state index is 0.255. The summed E-state index contributed by atoms with van der Waals surface area (Å²) in [7, 11) is 1.65. The molecule has 0 aliphatic heterocycles.